The van der Waals surface area contributed by atoms with Crippen molar-refractivity contribution in [2.45, 2.75) is 49.6 Å². The van der Waals surface area contributed by atoms with Gasteiger partial charge >= 0.3 is 0 Å². The van der Waals surface area contributed by atoms with E-state index < -0.39 is 21.4 Å². The summed E-state index contributed by atoms with van der Waals surface area (Å²) in [6.07, 6.45) is 5.33. The molecule has 0 radical (unpaired) electrons. The summed E-state index contributed by atoms with van der Waals surface area (Å²) in [4.78, 5) is 16.6. The van der Waals surface area contributed by atoms with Crippen molar-refractivity contribution in [2.75, 3.05) is 33.2 Å². The predicted octanol–water partition coefficient (Wildman–Crippen LogP) is 2.32. The topological polar surface area (TPSA) is 165 Å². The summed E-state index contributed by atoms with van der Waals surface area (Å²) in [5, 5.41) is 7.74. The molecule has 0 spiro atoms. The van der Waals surface area contributed by atoms with Crippen LogP contribution in [0.3, 0.4) is 0 Å². The van der Waals surface area contributed by atoms with Gasteiger partial charge in [0.25, 0.3) is 0 Å². The van der Waals surface area contributed by atoms with Crippen molar-refractivity contribution in [3.05, 3.63) is 35.4 Å². The Kier molecular flexibility index (Phi) is 8.60. The van der Waals surface area contributed by atoms with Crippen LogP contribution >= 0.6 is 11.6 Å². The number of aromatic nitrogens is 7. The van der Waals surface area contributed by atoms with Gasteiger partial charge in [-0.1, -0.05) is 11.6 Å². The van der Waals surface area contributed by atoms with E-state index in [2.05, 4.69) is 34.9 Å². The van der Waals surface area contributed by atoms with E-state index in [0.29, 0.717) is 17.3 Å². The van der Waals surface area contributed by atoms with Crippen LogP contribution in [0, 0.1) is 0 Å². The molecule has 0 unspecified atom stereocenters. The van der Waals surface area contributed by atoms with E-state index in [1.54, 1.807) is 7.11 Å². The number of hydrogen-bond donors (Lipinski definition) is 1. The highest BCUT2D eigenvalue weighted by Gasteiger charge is 2.37. The van der Waals surface area contributed by atoms with Crippen molar-refractivity contribution in [2.24, 2.45) is 0 Å². The summed E-state index contributed by atoms with van der Waals surface area (Å²) in [7, 11) is 1.77. The van der Waals surface area contributed by atoms with Gasteiger partial charge in [-0.05, 0) is 26.2 Å². The van der Waals surface area contributed by atoms with Crippen molar-refractivity contribution in [3.63, 3.8) is 0 Å². The third-order valence-corrected chi connectivity index (χ3v) is 8.32. The van der Waals surface area contributed by atoms with E-state index in [-0.39, 0.29) is 41.2 Å². The maximum Gasteiger partial charge on any atom is 0.245 e. The van der Waals surface area contributed by atoms with E-state index in [0.717, 1.165) is 12.8 Å². The van der Waals surface area contributed by atoms with Crippen LogP contribution in [0.25, 0.3) is 5.69 Å². The highest BCUT2D eigenvalue weighted by Crippen LogP contribution is 2.40. The minimum Gasteiger partial charge on any atom is -0.479 e. The number of sulfonamides is 1. The van der Waals surface area contributed by atoms with Gasteiger partial charge < -0.3 is 18.9 Å². The van der Waals surface area contributed by atoms with E-state index in [1.807, 2.05) is 0 Å². The van der Waals surface area contributed by atoms with Gasteiger partial charge in [-0.3, -0.25) is 9.29 Å². The van der Waals surface area contributed by atoms with Crippen molar-refractivity contribution < 1.29 is 27.4 Å². The minimum absolute atomic E-state index is 0.0444. The maximum absolute atomic E-state index is 13.6. The Morgan fingerprint density at radius 1 is 1.03 bits per heavy atom. The van der Waals surface area contributed by atoms with E-state index in [4.69, 9.17) is 30.5 Å². The quantitative estimate of drug-likeness (QED) is 0.359. The summed E-state index contributed by atoms with van der Waals surface area (Å²) < 4.78 is 53.2. The fraction of sp³-hybridized carbons (Fsp3) is 0.545. The van der Waals surface area contributed by atoms with Crippen molar-refractivity contribution >= 4 is 27.6 Å². The fourth-order valence-electron chi connectivity index (χ4n) is 4.43. The molecule has 0 bridgehead atoms. The Morgan fingerprint density at radius 2 is 1.68 bits per heavy atom. The lowest BCUT2D eigenvalue weighted by Crippen LogP contribution is -2.33. The van der Waals surface area contributed by atoms with Crippen molar-refractivity contribution in [1.82, 2.24) is 34.7 Å². The van der Waals surface area contributed by atoms with Crippen LogP contribution in [-0.4, -0.2) is 82.9 Å². The Morgan fingerprint density at radius 3 is 2.24 bits per heavy atom. The summed E-state index contributed by atoms with van der Waals surface area (Å²) >= 11 is 5.88. The second kappa shape index (κ2) is 11.7. The molecule has 1 fully saturated rings. The summed E-state index contributed by atoms with van der Waals surface area (Å²) in [6, 6.07) is 0. The molecule has 14 nitrogen and oxygen atoms in total. The average molecular weight is 569 g/mol. The molecule has 3 aromatic rings. The first-order valence-electron chi connectivity index (χ1n) is 11.7. The Bertz CT molecular complexity index is 1330. The van der Waals surface area contributed by atoms with Gasteiger partial charge in [-0.15, -0.1) is 10.2 Å². The third-order valence-electron chi connectivity index (χ3n) is 6.43. The third kappa shape index (κ3) is 5.50. The zero-order chi connectivity index (χ0) is 27.4. The lowest BCUT2D eigenvalue weighted by molar-refractivity contribution is 0.0950. The fourth-order valence-corrected chi connectivity index (χ4v) is 5.66. The molecule has 3 aromatic heterocycles. The van der Waals surface area contributed by atoms with Gasteiger partial charge in [-0.2, -0.15) is 9.97 Å². The Hall–Kier alpha value is -3.14. The second-order valence-electron chi connectivity index (χ2n) is 8.59. The molecule has 4 atom stereocenters. The lowest BCUT2D eigenvalue weighted by atomic mass is 10.1. The molecule has 0 aromatic carbocycles. The molecule has 4 rings (SSSR count). The number of nitrogens with one attached hydrogen (secondary N) is 1. The average Bonchev–Trinajstić information content (AvgIpc) is 3.56. The zero-order valence-corrected chi connectivity index (χ0v) is 23.1. The van der Waals surface area contributed by atoms with Crippen LogP contribution in [0.1, 0.15) is 49.9 Å². The normalized spacial score (nSPS) is 19.2. The highest BCUT2D eigenvalue weighted by molar-refractivity contribution is 7.93. The standard InChI is InChI=1S/C22H29ClN8O6S/c1-12(17(35-3)18-24-9-14(23)10-25-18)38(32,33)30-22-29-28-19(13-6-7-15(8-13)34-2)31(22)16-20(36-4)26-11-27-21(16)37-5/h9-13,15,17H,6-8H2,1-5H3,(H,29,30)/t12-,13-,15+,17-/m0/s1. The first-order chi connectivity index (χ1) is 18.2. The first-order valence-corrected chi connectivity index (χ1v) is 13.6. The number of nitrogens with zero attached hydrogens (tertiary/aromatic N) is 7. The van der Waals surface area contributed by atoms with Gasteiger partial charge in [0.05, 0.1) is 25.3 Å². The van der Waals surface area contributed by atoms with Gasteiger partial charge in [-0.25, -0.2) is 18.4 Å². The SMILES string of the molecule is COc1ncnc(OC)c1-n1c(NS(=O)(=O)[C@@H](C)[C@H](OC)c2ncc(Cl)cn2)nnc1[C@H]1CC[C@@H](OC)C1. The molecule has 16 heteroatoms. The molecule has 1 aliphatic carbocycles. The number of rotatable bonds is 11. The van der Waals surface area contributed by atoms with Gasteiger partial charge in [0.2, 0.25) is 27.7 Å². The molecule has 1 N–H and O–H groups in total. The molecule has 1 aliphatic rings. The van der Waals surface area contributed by atoms with E-state index >= 15 is 0 Å². The largest absolute Gasteiger partial charge is 0.479 e. The van der Waals surface area contributed by atoms with Gasteiger partial charge in [0, 0.05) is 32.5 Å². The number of hydrogen-bond acceptors (Lipinski definition) is 12. The second-order valence-corrected chi connectivity index (χ2v) is 11.1. The summed E-state index contributed by atoms with van der Waals surface area (Å²) in [5.41, 5.74) is 0.257. The summed E-state index contributed by atoms with van der Waals surface area (Å²) in [6.45, 7) is 1.48. The van der Waals surface area contributed by atoms with E-state index in [1.165, 1.54) is 51.5 Å². The van der Waals surface area contributed by atoms with Crippen LogP contribution in [-0.2, 0) is 19.5 Å². The first kappa shape index (κ1) is 27.9. The van der Waals surface area contributed by atoms with Crippen LogP contribution in [0.2, 0.25) is 5.02 Å². The molecule has 1 saturated carbocycles. The molecule has 38 heavy (non-hydrogen) atoms. The number of halogens is 1. The van der Waals surface area contributed by atoms with Crippen LogP contribution in [0.15, 0.2) is 18.7 Å². The number of ether oxygens (including phenoxy) is 4. The predicted molar refractivity (Wildman–Crippen MR) is 136 cm³/mol. The molecule has 0 saturated heterocycles. The van der Waals surface area contributed by atoms with Crippen molar-refractivity contribution in [3.8, 4) is 17.4 Å². The number of anilines is 1. The molecule has 206 valence electrons. The lowest BCUT2D eigenvalue weighted by Gasteiger charge is -2.23. The zero-order valence-electron chi connectivity index (χ0n) is 21.5. The monoisotopic (exact) mass is 568 g/mol. The highest BCUT2D eigenvalue weighted by atomic mass is 35.5. The van der Waals surface area contributed by atoms with E-state index in [9.17, 15) is 8.42 Å². The molecular weight excluding hydrogens is 540 g/mol. The van der Waals surface area contributed by atoms with Crippen LogP contribution < -0.4 is 14.2 Å². The van der Waals surface area contributed by atoms with Crippen LogP contribution in [0.4, 0.5) is 5.95 Å². The molecular formula is C22H29ClN8O6S. The van der Waals surface area contributed by atoms with Gasteiger partial charge in [0.1, 0.15) is 23.5 Å². The Labute approximate surface area is 225 Å². The molecule has 3 heterocycles. The molecule has 0 aliphatic heterocycles. The minimum atomic E-state index is -4.14. The molecule has 0 amide bonds. The Balaban J connectivity index is 1.78. The smallest absolute Gasteiger partial charge is 0.245 e. The maximum atomic E-state index is 13.6. The summed E-state index contributed by atoms with van der Waals surface area (Å²) in [5.74, 6) is 0.783. The van der Waals surface area contributed by atoms with Crippen molar-refractivity contribution in [1.29, 1.82) is 0 Å². The number of methoxy groups -OCH3 is 4. The van der Waals surface area contributed by atoms with Gasteiger partial charge in [0.15, 0.2) is 11.5 Å². The van der Waals surface area contributed by atoms with Crippen LogP contribution in [0.5, 0.6) is 11.8 Å².